The third-order valence-electron chi connectivity index (χ3n) is 7.17. The lowest BCUT2D eigenvalue weighted by Gasteiger charge is -2.10. The molecular weight excluding hydrogens is 480 g/mol. The first-order chi connectivity index (χ1) is 20.3. The van der Waals surface area contributed by atoms with Crippen molar-refractivity contribution in [1.82, 2.24) is 14.1 Å². The second kappa shape index (κ2) is 9.14. The van der Waals surface area contributed by atoms with Crippen LogP contribution in [0.5, 0.6) is 11.5 Å². The standard InChI is InChI=1S/C34H29N4O/c1-23(2)36-22-37(32-14-7-6-13-31(32)36)25-9-8-10-26(20-25)39-27-15-16-29-28-11-4-5-12-30(28)38(33(29)21-27)34-19-24(3)17-18-35-34/h4-23H,1-3H3/q+1/i3D3. The molecule has 5 heteroatoms. The molecule has 0 N–H and O–H groups in total. The number of benzene rings is 4. The maximum atomic E-state index is 7.90. The van der Waals surface area contributed by atoms with Gasteiger partial charge < -0.3 is 4.74 Å². The first-order valence-corrected chi connectivity index (χ1v) is 13.1. The summed E-state index contributed by atoms with van der Waals surface area (Å²) in [6.45, 7) is 2.14. The van der Waals surface area contributed by atoms with Crippen LogP contribution in [0.4, 0.5) is 0 Å². The highest BCUT2D eigenvalue weighted by Crippen LogP contribution is 2.35. The SMILES string of the molecule is [2H]C([2H])([2H])c1ccnc(-n2c3ccccc3c3ccc(Oc4cccc(-n5c[n+](C(C)C)c6ccccc65)c4)cc32)c1. The van der Waals surface area contributed by atoms with Crippen molar-refractivity contribution in [1.29, 1.82) is 0 Å². The molecule has 0 saturated heterocycles. The van der Waals surface area contributed by atoms with Crippen LogP contribution in [0.15, 0.2) is 116 Å². The maximum Gasteiger partial charge on any atom is 0.250 e. The van der Waals surface area contributed by atoms with Crippen molar-refractivity contribution in [2.75, 3.05) is 0 Å². The second-order valence-electron chi connectivity index (χ2n) is 10.0. The monoisotopic (exact) mass is 512 g/mol. The second-order valence-corrected chi connectivity index (χ2v) is 10.0. The molecule has 190 valence electrons. The fourth-order valence-electron chi connectivity index (χ4n) is 5.39. The van der Waals surface area contributed by atoms with Crippen molar-refractivity contribution in [3.63, 3.8) is 0 Å². The van der Waals surface area contributed by atoms with Crippen molar-refractivity contribution >= 4 is 32.8 Å². The van der Waals surface area contributed by atoms with E-state index in [1.165, 1.54) is 5.52 Å². The number of pyridine rings is 1. The first kappa shape index (κ1) is 20.1. The third-order valence-corrected chi connectivity index (χ3v) is 7.17. The van der Waals surface area contributed by atoms with E-state index in [1.54, 1.807) is 18.3 Å². The molecule has 0 aliphatic rings. The lowest BCUT2D eigenvalue weighted by molar-refractivity contribution is -0.691. The van der Waals surface area contributed by atoms with Gasteiger partial charge in [0.15, 0.2) is 11.0 Å². The number of para-hydroxylation sites is 3. The van der Waals surface area contributed by atoms with Crippen LogP contribution >= 0.6 is 0 Å². The van der Waals surface area contributed by atoms with Crippen molar-refractivity contribution in [3.8, 4) is 23.0 Å². The van der Waals surface area contributed by atoms with Crippen LogP contribution in [0, 0.1) is 6.85 Å². The Morgan fingerprint density at radius 3 is 2.44 bits per heavy atom. The molecule has 5 nitrogen and oxygen atoms in total. The summed E-state index contributed by atoms with van der Waals surface area (Å²) >= 11 is 0. The highest BCUT2D eigenvalue weighted by molar-refractivity contribution is 6.09. The summed E-state index contributed by atoms with van der Waals surface area (Å²) in [4.78, 5) is 4.56. The molecule has 0 amide bonds. The topological polar surface area (TPSA) is 35.9 Å². The summed E-state index contributed by atoms with van der Waals surface area (Å²) in [5.74, 6) is 1.93. The lowest BCUT2D eigenvalue weighted by Crippen LogP contribution is -2.34. The summed E-state index contributed by atoms with van der Waals surface area (Å²) in [6, 6.07) is 34.0. The Morgan fingerprint density at radius 1 is 0.769 bits per heavy atom. The van der Waals surface area contributed by atoms with Crippen LogP contribution in [-0.4, -0.2) is 14.1 Å². The Kier molecular flexibility index (Phi) is 4.71. The quantitative estimate of drug-likeness (QED) is 0.219. The third kappa shape index (κ3) is 3.94. The van der Waals surface area contributed by atoms with Gasteiger partial charge in [-0.05, 0) is 80.9 Å². The van der Waals surface area contributed by atoms with Gasteiger partial charge in [-0.2, -0.15) is 4.57 Å². The molecular formula is C34H29N4O+. The van der Waals surface area contributed by atoms with Crippen LogP contribution in [-0.2, 0) is 0 Å². The number of aryl methyl sites for hydroxylation is 1. The first-order valence-electron chi connectivity index (χ1n) is 14.6. The van der Waals surface area contributed by atoms with Gasteiger partial charge in [-0.15, -0.1) is 0 Å². The number of nitrogens with zero attached hydrogens (tertiary/aromatic N) is 4. The molecule has 0 aliphatic heterocycles. The largest absolute Gasteiger partial charge is 0.457 e. The molecule has 0 radical (unpaired) electrons. The van der Waals surface area contributed by atoms with Crippen LogP contribution in [0.1, 0.15) is 29.6 Å². The summed E-state index contributed by atoms with van der Waals surface area (Å²) in [5.41, 5.74) is 5.38. The zero-order valence-electron chi connectivity index (χ0n) is 24.7. The van der Waals surface area contributed by atoms with Crippen molar-refractivity contribution in [3.05, 3.63) is 121 Å². The van der Waals surface area contributed by atoms with Gasteiger partial charge in [-0.3, -0.25) is 4.57 Å². The van der Waals surface area contributed by atoms with Crippen molar-refractivity contribution in [2.45, 2.75) is 26.7 Å². The van der Waals surface area contributed by atoms with E-state index in [2.05, 4.69) is 70.7 Å². The predicted molar refractivity (Wildman–Crippen MR) is 157 cm³/mol. The minimum Gasteiger partial charge on any atom is -0.457 e. The Morgan fingerprint density at radius 2 is 1.56 bits per heavy atom. The van der Waals surface area contributed by atoms with Gasteiger partial charge in [0.2, 0.25) is 6.33 Å². The molecule has 0 fully saturated rings. The fourth-order valence-corrected chi connectivity index (χ4v) is 5.39. The van der Waals surface area contributed by atoms with Gasteiger partial charge in [-0.1, -0.05) is 36.4 Å². The summed E-state index contributed by atoms with van der Waals surface area (Å²) in [6.07, 6.45) is 3.69. The van der Waals surface area contributed by atoms with Gasteiger partial charge >= 0.3 is 0 Å². The molecule has 0 atom stereocenters. The van der Waals surface area contributed by atoms with Crippen LogP contribution in [0.3, 0.4) is 0 Å². The molecule has 0 saturated carbocycles. The lowest BCUT2D eigenvalue weighted by atomic mass is 10.1. The molecule has 0 aliphatic carbocycles. The Balaban J connectivity index is 1.32. The van der Waals surface area contributed by atoms with E-state index >= 15 is 0 Å². The number of imidazole rings is 1. The molecule has 0 bridgehead atoms. The average molecular weight is 513 g/mol. The molecule has 0 spiro atoms. The van der Waals surface area contributed by atoms with Crippen LogP contribution < -0.4 is 9.30 Å². The number of aromatic nitrogens is 4. The van der Waals surface area contributed by atoms with E-state index in [1.807, 2.05) is 59.2 Å². The minimum absolute atomic E-state index is 0.249. The number of ether oxygens (including phenoxy) is 1. The smallest absolute Gasteiger partial charge is 0.250 e. The Labute approximate surface area is 231 Å². The number of fused-ring (bicyclic) bond motifs is 4. The van der Waals surface area contributed by atoms with E-state index in [-0.39, 0.29) is 5.56 Å². The number of hydrogen-bond donors (Lipinski definition) is 0. The molecule has 7 aromatic rings. The fraction of sp³-hybridized carbons (Fsp3) is 0.118. The predicted octanol–water partition coefficient (Wildman–Crippen LogP) is 8.09. The van der Waals surface area contributed by atoms with E-state index in [0.29, 0.717) is 23.4 Å². The van der Waals surface area contributed by atoms with Crippen LogP contribution in [0.2, 0.25) is 0 Å². The molecule has 0 unspecified atom stereocenters. The van der Waals surface area contributed by atoms with Crippen LogP contribution in [0.25, 0.3) is 44.3 Å². The summed E-state index contributed by atoms with van der Waals surface area (Å²) < 4.78 is 36.6. The van der Waals surface area contributed by atoms with Gasteiger partial charge in [0.25, 0.3) is 0 Å². The number of hydrogen-bond acceptors (Lipinski definition) is 2. The van der Waals surface area contributed by atoms with Crippen molar-refractivity contribution in [2.24, 2.45) is 0 Å². The average Bonchev–Trinajstić information content (AvgIpc) is 3.53. The molecule has 7 rings (SSSR count). The summed E-state index contributed by atoms with van der Waals surface area (Å²) in [7, 11) is 0. The van der Waals surface area contributed by atoms with E-state index in [0.717, 1.165) is 33.0 Å². The highest BCUT2D eigenvalue weighted by Gasteiger charge is 2.19. The van der Waals surface area contributed by atoms with Gasteiger partial charge in [0, 0.05) is 33.2 Å². The van der Waals surface area contributed by atoms with E-state index in [4.69, 9.17) is 8.85 Å². The van der Waals surface area contributed by atoms with Gasteiger partial charge in [0.1, 0.15) is 23.0 Å². The highest BCUT2D eigenvalue weighted by atomic mass is 16.5. The molecule has 39 heavy (non-hydrogen) atoms. The zero-order valence-corrected chi connectivity index (χ0v) is 21.7. The van der Waals surface area contributed by atoms with Gasteiger partial charge in [0.05, 0.1) is 17.1 Å². The van der Waals surface area contributed by atoms with Crippen molar-refractivity contribution < 1.29 is 13.4 Å². The molecule has 4 aromatic carbocycles. The Bertz CT molecular complexity index is 2110. The minimum atomic E-state index is -2.23. The molecule has 3 aromatic heterocycles. The van der Waals surface area contributed by atoms with Gasteiger partial charge in [-0.25, -0.2) is 9.55 Å². The summed E-state index contributed by atoms with van der Waals surface area (Å²) in [5, 5.41) is 2.09. The molecule has 3 heterocycles. The van der Waals surface area contributed by atoms with E-state index < -0.39 is 6.85 Å². The maximum absolute atomic E-state index is 7.90. The zero-order chi connectivity index (χ0) is 29.0. The number of rotatable bonds is 5. The van der Waals surface area contributed by atoms with E-state index in [9.17, 15) is 0 Å². The normalized spacial score (nSPS) is 13.2. The Hall–Kier alpha value is -4.90.